The highest BCUT2D eigenvalue weighted by Crippen LogP contribution is 2.38. The molecule has 0 bridgehead atoms. The van der Waals surface area contributed by atoms with E-state index in [0.717, 1.165) is 22.7 Å². The molecule has 0 unspecified atom stereocenters. The highest BCUT2D eigenvalue weighted by molar-refractivity contribution is 5.97. The van der Waals surface area contributed by atoms with E-state index in [1.54, 1.807) is 13.3 Å². The maximum Gasteiger partial charge on any atom is 0.168 e. The second-order valence-corrected chi connectivity index (χ2v) is 8.08. The minimum Gasteiger partial charge on any atom is -0.497 e. The Bertz CT molecular complexity index is 1090. The van der Waals surface area contributed by atoms with Crippen LogP contribution in [0.1, 0.15) is 47.3 Å². The molecule has 1 aliphatic rings. The van der Waals surface area contributed by atoms with Gasteiger partial charge in [0.2, 0.25) is 0 Å². The van der Waals surface area contributed by atoms with E-state index in [-0.39, 0.29) is 18.3 Å². The molecule has 31 heavy (non-hydrogen) atoms. The molecule has 4 rings (SSSR count). The standard InChI is InChI=1S/C25H25N3O3/c1-31-22-5-3-20(4-6-22)28-13-10-19(16-28)23(30)14-18-2-7-24(27-15-18)25(17-26)11-8-21(29)9-12-25/h2-7,10,13,15-16,21,29H,8-9,11-12,14H2,1H3. The molecule has 0 atom stereocenters. The van der Waals surface area contributed by atoms with Crippen LogP contribution in [0, 0.1) is 11.3 Å². The summed E-state index contributed by atoms with van der Waals surface area (Å²) in [5, 5.41) is 19.5. The number of benzene rings is 1. The number of pyridine rings is 1. The summed E-state index contributed by atoms with van der Waals surface area (Å²) in [6.07, 6.45) is 7.73. The molecule has 1 aliphatic carbocycles. The molecular weight excluding hydrogens is 390 g/mol. The zero-order chi connectivity index (χ0) is 21.8. The monoisotopic (exact) mass is 415 g/mol. The zero-order valence-electron chi connectivity index (χ0n) is 17.5. The molecule has 0 amide bonds. The van der Waals surface area contributed by atoms with Crippen LogP contribution in [0.5, 0.6) is 5.75 Å². The van der Waals surface area contributed by atoms with E-state index in [2.05, 4.69) is 11.1 Å². The third-order valence-electron chi connectivity index (χ3n) is 6.09. The predicted octanol–water partition coefficient (Wildman–Crippen LogP) is 4.00. The van der Waals surface area contributed by atoms with Gasteiger partial charge in [0.25, 0.3) is 0 Å². The van der Waals surface area contributed by atoms with Crippen molar-refractivity contribution in [1.82, 2.24) is 9.55 Å². The topological polar surface area (TPSA) is 88.1 Å². The highest BCUT2D eigenvalue weighted by atomic mass is 16.5. The fourth-order valence-electron chi connectivity index (χ4n) is 4.10. The zero-order valence-corrected chi connectivity index (χ0v) is 17.5. The van der Waals surface area contributed by atoms with E-state index in [0.29, 0.717) is 31.2 Å². The first-order valence-corrected chi connectivity index (χ1v) is 10.4. The summed E-state index contributed by atoms with van der Waals surface area (Å²) >= 11 is 0. The fraction of sp³-hybridized carbons (Fsp3) is 0.320. The Morgan fingerprint density at radius 1 is 1.23 bits per heavy atom. The van der Waals surface area contributed by atoms with Gasteiger partial charge in [0.15, 0.2) is 5.78 Å². The Kier molecular flexibility index (Phi) is 5.88. The first kappa shape index (κ1) is 20.8. The van der Waals surface area contributed by atoms with Crippen LogP contribution in [0.4, 0.5) is 0 Å². The van der Waals surface area contributed by atoms with Crippen molar-refractivity contribution in [1.29, 1.82) is 5.26 Å². The van der Waals surface area contributed by atoms with Gasteiger partial charge in [-0.05, 0) is 67.6 Å². The number of ether oxygens (including phenoxy) is 1. The second kappa shape index (κ2) is 8.75. The number of methoxy groups -OCH3 is 1. The smallest absolute Gasteiger partial charge is 0.168 e. The van der Waals surface area contributed by atoms with Gasteiger partial charge in [-0.1, -0.05) is 6.07 Å². The molecule has 6 nitrogen and oxygen atoms in total. The van der Waals surface area contributed by atoms with E-state index in [4.69, 9.17) is 4.74 Å². The van der Waals surface area contributed by atoms with Crippen molar-refractivity contribution < 1.29 is 14.6 Å². The van der Waals surface area contributed by atoms with E-state index >= 15 is 0 Å². The molecule has 2 aromatic heterocycles. The minimum absolute atomic E-state index is 0.0117. The quantitative estimate of drug-likeness (QED) is 0.615. The summed E-state index contributed by atoms with van der Waals surface area (Å²) in [6.45, 7) is 0. The van der Waals surface area contributed by atoms with Crippen molar-refractivity contribution in [3.8, 4) is 17.5 Å². The summed E-state index contributed by atoms with van der Waals surface area (Å²) in [5.74, 6) is 0.795. The summed E-state index contributed by atoms with van der Waals surface area (Å²) < 4.78 is 7.09. The van der Waals surface area contributed by atoms with E-state index < -0.39 is 5.41 Å². The average molecular weight is 415 g/mol. The van der Waals surface area contributed by atoms with Crippen molar-refractivity contribution in [3.05, 3.63) is 77.9 Å². The van der Waals surface area contributed by atoms with Gasteiger partial charge < -0.3 is 14.4 Å². The van der Waals surface area contributed by atoms with Gasteiger partial charge in [-0.15, -0.1) is 0 Å². The number of carbonyl (C=O) groups is 1. The normalized spacial score (nSPS) is 20.7. The van der Waals surface area contributed by atoms with Gasteiger partial charge in [-0.3, -0.25) is 9.78 Å². The fourth-order valence-corrected chi connectivity index (χ4v) is 4.10. The van der Waals surface area contributed by atoms with Crippen LogP contribution in [0.2, 0.25) is 0 Å². The maximum atomic E-state index is 12.8. The van der Waals surface area contributed by atoms with Gasteiger partial charge >= 0.3 is 0 Å². The van der Waals surface area contributed by atoms with Gasteiger partial charge in [-0.2, -0.15) is 5.26 Å². The number of rotatable bonds is 6. The lowest BCUT2D eigenvalue weighted by atomic mass is 9.72. The molecule has 3 aromatic rings. The van der Waals surface area contributed by atoms with Crippen LogP contribution in [0.3, 0.4) is 0 Å². The average Bonchev–Trinajstić information content (AvgIpc) is 3.31. The van der Waals surface area contributed by atoms with Gasteiger partial charge in [0, 0.05) is 36.3 Å². The Morgan fingerprint density at radius 2 is 1.97 bits per heavy atom. The molecule has 2 heterocycles. The molecule has 0 saturated heterocycles. The van der Waals surface area contributed by atoms with E-state index in [1.807, 2.05) is 59.4 Å². The van der Waals surface area contributed by atoms with Crippen LogP contribution in [0.25, 0.3) is 5.69 Å². The van der Waals surface area contributed by atoms with Crippen molar-refractivity contribution >= 4 is 5.78 Å². The maximum absolute atomic E-state index is 12.8. The molecule has 1 aromatic carbocycles. The van der Waals surface area contributed by atoms with Crippen molar-refractivity contribution in [2.75, 3.05) is 7.11 Å². The Hall–Kier alpha value is -3.43. The van der Waals surface area contributed by atoms with E-state index in [1.165, 1.54) is 0 Å². The number of carbonyl (C=O) groups excluding carboxylic acids is 1. The largest absolute Gasteiger partial charge is 0.497 e. The number of nitrogens with zero attached hydrogens (tertiary/aromatic N) is 3. The summed E-state index contributed by atoms with van der Waals surface area (Å²) in [6, 6.07) is 15.6. The lowest BCUT2D eigenvalue weighted by Gasteiger charge is -2.32. The highest BCUT2D eigenvalue weighted by Gasteiger charge is 2.37. The van der Waals surface area contributed by atoms with Gasteiger partial charge in [0.1, 0.15) is 5.75 Å². The van der Waals surface area contributed by atoms with Gasteiger partial charge in [0.05, 0.1) is 30.4 Å². The number of aliphatic hydroxyl groups is 1. The molecule has 1 fully saturated rings. The SMILES string of the molecule is COc1ccc(-n2ccc(C(=O)Cc3ccc(C4(C#N)CCC(O)CC4)nc3)c2)cc1. The number of nitriles is 1. The number of hydrogen-bond acceptors (Lipinski definition) is 5. The molecular formula is C25H25N3O3. The number of Topliss-reactive ketones (excluding diaryl/α,β-unsaturated/α-hetero) is 1. The first-order valence-electron chi connectivity index (χ1n) is 10.4. The van der Waals surface area contributed by atoms with Crippen LogP contribution in [-0.2, 0) is 11.8 Å². The van der Waals surface area contributed by atoms with Gasteiger partial charge in [-0.25, -0.2) is 0 Å². The third-order valence-corrected chi connectivity index (χ3v) is 6.09. The summed E-state index contributed by atoms with van der Waals surface area (Å²) in [4.78, 5) is 17.3. The van der Waals surface area contributed by atoms with Crippen LogP contribution >= 0.6 is 0 Å². The Balaban J connectivity index is 1.44. The third kappa shape index (κ3) is 4.37. The summed E-state index contributed by atoms with van der Waals surface area (Å²) in [7, 11) is 1.63. The first-order chi connectivity index (χ1) is 15.0. The van der Waals surface area contributed by atoms with Crippen LogP contribution in [0.15, 0.2) is 61.1 Å². The number of aliphatic hydroxyl groups excluding tert-OH is 1. The molecule has 0 aliphatic heterocycles. The Morgan fingerprint density at radius 3 is 2.58 bits per heavy atom. The molecule has 6 heteroatoms. The number of ketones is 1. The minimum atomic E-state index is -0.642. The molecule has 158 valence electrons. The molecule has 1 saturated carbocycles. The molecule has 0 spiro atoms. The van der Waals surface area contributed by atoms with Crippen LogP contribution < -0.4 is 4.74 Å². The lowest BCUT2D eigenvalue weighted by Crippen LogP contribution is -2.33. The number of hydrogen-bond donors (Lipinski definition) is 1. The second-order valence-electron chi connectivity index (χ2n) is 8.08. The van der Waals surface area contributed by atoms with Crippen LogP contribution in [-0.4, -0.2) is 33.7 Å². The lowest BCUT2D eigenvalue weighted by molar-refractivity contribution is 0.0992. The van der Waals surface area contributed by atoms with E-state index in [9.17, 15) is 15.2 Å². The van der Waals surface area contributed by atoms with Crippen molar-refractivity contribution in [2.24, 2.45) is 0 Å². The number of aromatic nitrogens is 2. The van der Waals surface area contributed by atoms with Crippen molar-refractivity contribution in [3.63, 3.8) is 0 Å². The molecule has 1 N–H and O–H groups in total. The predicted molar refractivity (Wildman–Crippen MR) is 116 cm³/mol. The summed E-state index contributed by atoms with van der Waals surface area (Å²) in [5.41, 5.74) is 2.48. The van der Waals surface area contributed by atoms with Crippen molar-refractivity contribution in [2.45, 2.75) is 43.6 Å². The Labute approximate surface area is 181 Å². The molecule has 0 radical (unpaired) electrons.